The van der Waals surface area contributed by atoms with E-state index in [0.29, 0.717) is 5.82 Å². The molecule has 0 bridgehead atoms. The van der Waals surface area contributed by atoms with Gasteiger partial charge in [0.05, 0.1) is 5.92 Å². The number of hydrogen-bond donors (Lipinski definition) is 2. The van der Waals surface area contributed by atoms with E-state index < -0.39 is 0 Å². The maximum Gasteiger partial charge on any atom is 0.230 e. The molecule has 2 atom stereocenters. The Morgan fingerprint density at radius 1 is 1.33 bits per heavy atom. The third-order valence-electron chi connectivity index (χ3n) is 3.08. The van der Waals surface area contributed by atoms with Crippen molar-refractivity contribution in [2.75, 3.05) is 5.32 Å². The predicted octanol–water partition coefficient (Wildman–Crippen LogP) is 2.24. The molecule has 1 aromatic rings. The third-order valence-corrected chi connectivity index (χ3v) is 3.44. The molecule has 0 saturated heterocycles. The SMILES string of the molecule is NC1CCCCC1C(=O)Nc1cc(Cl)nc(Cl)n1. The molecule has 1 aliphatic rings. The first-order valence-corrected chi connectivity index (χ1v) is 6.58. The number of halogens is 2. The first-order valence-electron chi connectivity index (χ1n) is 5.83. The average molecular weight is 289 g/mol. The van der Waals surface area contributed by atoms with E-state index in [1.165, 1.54) is 6.07 Å². The van der Waals surface area contributed by atoms with Crippen LogP contribution in [0.25, 0.3) is 0 Å². The van der Waals surface area contributed by atoms with Gasteiger partial charge >= 0.3 is 0 Å². The summed E-state index contributed by atoms with van der Waals surface area (Å²) >= 11 is 11.4. The molecule has 7 heteroatoms. The number of rotatable bonds is 2. The van der Waals surface area contributed by atoms with Gasteiger partial charge in [-0.1, -0.05) is 24.4 Å². The van der Waals surface area contributed by atoms with E-state index in [1.54, 1.807) is 0 Å². The number of nitrogens with zero attached hydrogens (tertiary/aromatic N) is 2. The fourth-order valence-electron chi connectivity index (χ4n) is 2.16. The summed E-state index contributed by atoms with van der Waals surface area (Å²) in [7, 11) is 0. The lowest BCUT2D eigenvalue weighted by Gasteiger charge is -2.27. The standard InChI is InChI=1S/C11H14Cl2N4O/c12-8-5-9(17-11(13)15-8)16-10(18)6-3-1-2-4-7(6)14/h5-7H,1-4,14H2,(H,15,16,17,18). The highest BCUT2D eigenvalue weighted by atomic mass is 35.5. The Balaban J connectivity index is 2.06. The molecule has 0 radical (unpaired) electrons. The number of aromatic nitrogens is 2. The van der Waals surface area contributed by atoms with Crippen molar-refractivity contribution in [2.24, 2.45) is 11.7 Å². The number of carbonyl (C=O) groups excluding carboxylic acids is 1. The zero-order chi connectivity index (χ0) is 13.1. The monoisotopic (exact) mass is 288 g/mol. The second-order valence-corrected chi connectivity index (χ2v) is 5.11. The van der Waals surface area contributed by atoms with Gasteiger partial charge in [-0.3, -0.25) is 4.79 Å². The first kappa shape index (κ1) is 13.5. The van der Waals surface area contributed by atoms with Gasteiger partial charge in [0, 0.05) is 12.1 Å². The van der Waals surface area contributed by atoms with Crippen molar-refractivity contribution in [1.29, 1.82) is 0 Å². The molecule has 2 rings (SSSR count). The third kappa shape index (κ3) is 3.31. The van der Waals surface area contributed by atoms with Crippen LogP contribution in [0.2, 0.25) is 10.4 Å². The Bertz CT molecular complexity index is 434. The van der Waals surface area contributed by atoms with E-state index in [-0.39, 0.29) is 28.3 Å². The smallest absolute Gasteiger partial charge is 0.230 e. The van der Waals surface area contributed by atoms with E-state index in [1.807, 2.05) is 0 Å². The van der Waals surface area contributed by atoms with Crippen molar-refractivity contribution >= 4 is 34.9 Å². The number of anilines is 1. The van der Waals surface area contributed by atoms with Crippen molar-refractivity contribution in [1.82, 2.24) is 9.97 Å². The van der Waals surface area contributed by atoms with Gasteiger partial charge in [0.15, 0.2) is 0 Å². The van der Waals surface area contributed by atoms with Crippen LogP contribution in [0, 0.1) is 5.92 Å². The maximum atomic E-state index is 12.1. The Morgan fingerprint density at radius 2 is 2.06 bits per heavy atom. The van der Waals surface area contributed by atoms with Crippen LogP contribution in [-0.4, -0.2) is 21.9 Å². The highest BCUT2D eigenvalue weighted by molar-refractivity contribution is 6.32. The van der Waals surface area contributed by atoms with Gasteiger partial charge < -0.3 is 11.1 Å². The number of nitrogens with two attached hydrogens (primary N) is 1. The molecular weight excluding hydrogens is 275 g/mol. The Labute approximate surface area is 115 Å². The number of hydrogen-bond acceptors (Lipinski definition) is 4. The van der Waals surface area contributed by atoms with Crippen molar-refractivity contribution in [3.8, 4) is 0 Å². The second-order valence-electron chi connectivity index (χ2n) is 4.39. The summed E-state index contributed by atoms with van der Waals surface area (Å²) in [6, 6.07) is 1.37. The molecule has 18 heavy (non-hydrogen) atoms. The fourth-order valence-corrected chi connectivity index (χ4v) is 2.57. The summed E-state index contributed by atoms with van der Waals surface area (Å²) in [5.41, 5.74) is 5.95. The summed E-state index contributed by atoms with van der Waals surface area (Å²) in [4.78, 5) is 19.7. The topological polar surface area (TPSA) is 80.9 Å². The predicted molar refractivity (Wildman–Crippen MR) is 70.6 cm³/mol. The number of carbonyl (C=O) groups is 1. The fraction of sp³-hybridized carbons (Fsp3) is 0.545. The van der Waals surface area contributed by atoms with Crippen LogP contribution in [0.15, 0.2) is 6.07 Å². The van der Waals surface area contributed by atoms with Gasteiger partial charge in [0.1, 0.15) is 11.0 Å². The zero-order valence-electron chi connectivity index (χ0n) is 9.70. The number of amides is 1. The summed E-state index contributed by atoms with van der Waals surface area (Å²) in [5.74, 6) is 0.00192. The average Bonchev–Trinajstić information content (AvgIpc) is 2.27. The van der Waals surface area contributed by atoms with Crippen LogP contribution in [0.5, 0.6) is 0 Å². The van der Waals surface area contributed by atoms with Crippen LogP contribution in [-0.2, 0) is 4.79 Å². The van der Waals surface area contributed by atoms with Gasteiger partial charge in [-0.2, -0.15) is 0 Å². The molecule has 98 valence electrons. The summed E-state index contributed by atoms with van der Waals surface area (Å²) < 4.78 is 0. The first-order chi connectivity index (χ1) is 8.56. The van der Waals surface area contributed by atoms with Crippen LogP contribution in [0.1, 0.15) is 25.7 Å². The lowest BCUT2D eigenvalue weighted by molar-refractivity contribution is -0.121. The van der Waals surface area contributed by atoms with Crippen LogP contribution < -0.4 is 11.1 Å². The molecule has 1 amide bonds. The normalized spacial score (nSPS) is 23.7. The van der Waals surface area contributed by atoms with Gasteiger partial charge in [-0.15, -0.1) is 0 Å². The molecule has 0 aliphatic heterocycles. The van der Waals surface area contributed by atoms with Crippen LogP contribution in [0.4, 0.5) is 5.82 Å². The second kappa shape index (κ2) is 5.82. The zero-order valence-corrected chi connectivity index (χ0v) is 11.2. The highest BCUT2D eigenvalue weighted by Crippen LogP contribution is 2.24. The Hall–Kier alpha value is -0.910. The largest absolute Gasteiger partial charge is 0.327 e. The summed E-state index contributed by atoms with van der Waals surface area (Å²) in [6.45, 7) is 0. The Kier molecular flexibility index (Phi) is 4.37. The summed E-state index contributed by atoms with van der Waals surface area (Å²) in [6.07, 6.45) is 3.79. The lowest BCUT2D eigenvalue weighted by Crippen LogP contribution is -2.40. The lowest BCUT2D eigenvalue weighted by atomic mass is 9.84. The molecule has 0 aromatic carbocycles. The van der Waals surface area contributed by atoms with Crippen molar-refractivity contribution in [3.05, 3.63) is 16.5 Å². The number of nitrogens with one attached hydrogen (secondary N) is 1. The van der Waals surface area contributed by atoms with Gasteiger partial charge in [0.25, 0.3) is 0 Å². The van der Waals surface area contributed by atoms with Crippen molar-refractivity contribution in [3.63, 3.8) is 0 Å². The van der Waals surface area contributed by atoms with E-state index in [0.717, 1.165) is 25.7 Å². The molecule has 0 spiro atoms. The molecule has 2 unspecified atom stereocenters. The molecule has 1 heterocycles. The molecule has 3 N–H and O–H groups in total. The molecule has 5 nitrogen and oxygen atoms in total. The molecule has 1 aliphatic carbocycles. The van der Waals surface area contributed by atoms with E-state index in [2.05, 4.69) is 15.3 Å². The van der Waals surface area contributed by atoms with E-state index >= 15 is 0 Å². The minimum Gasteiger partial charge on any atom is -0.327 e. The minimum atomic E-state index is -0.175. The van der Waals surface area contributed by atoms with Gasteiger partial charge in [0.2, 0.25) is 11.2 Å². The highest BCUT2D eigenvalue weighted by Gasteiger charge is 2.28. The maximum absolute atomic E-state index is 12.1. The van der Waals surface area contributed by atoms with Crippen molar-refractivity contribution < 1.29 is 4.79 Å². The molecule has 1 saturated carbocycles. The van der Waals surface area contributed by atoms with E-state index in [4.69, 9.17) is 28.9 Å². The summed E-state index contributed by atoms with van der Waals surface area (Å²) in [5, 5.41) is 2.88. The van der Waals surface area contributed by atoms with Gasteiger partial charge in [-0.25, -0.2) is 9.97 Å². The quantitative estimate of drug-likeness (QED) is 0.646. The minimum absolute atomic E-state index is 0.00532. The molecule has 1 fully saturated rings. The van der Waals surface area contributed by atoms with Crippen LogP contribution in [0.3, 0.4) is 0 Å². The van der Waals surface area contributed by atoms with Gasteiger partial charge in [-0.05, 0) is 24.4 Å². The van der Waals surface area contributed by atoms with Crippen LogP contribution >= 0.6 is 23.2 Å². The molecule has 1 aromatic heterocycles. The van der Waals surface area contributed by atoms with E-state index in [9.17, 15) is 4.79 Å². The molecular formula is C11H14Cl2N4O. The van der Waals surface area contributed by atoms with Crippen molar-refractivity contribution in [2.45, 2.75) is 31.7 Å². The Morgan fingerprint density at radius 3 is 2.72 bits per heavy atom.